The van der Waals surface area contributed by atoms with Crippen LogP contribution in [-0.2, 0) is 0 Å². The van der Waals surface area contributed by atoms with Gasteiger partial charge in [0.25, 0.3) is 5.91 Å². The van der Waals surface area contributed by atoms with E-state index < -0.39 is 0 Å². The van der Waals surface area contributed by atoms with Crippen LogP contribution in [0.25, 0.3) is 0 Å². The summed E-state index contributed by atoms with van der Waals surface area (Å²) >= 11 is 6.78. The van der Waals surface area contributed by atoms with E-state index in [2.05, 4.69) is 37.2 Å². The Kier molecular flexibility index (Phi) is 7.53. The van der Waals surface area contributed by atoms with Gasteiger partial charge in [-0.3, -0.25) is 4.79 Å². The monoisotopic (exact) mass is 361 g/mol. The molecule has 4 heteroatoms. The number of hydrogen-bond donors (Lipinski definition) is 1. The van der Waals surface area contributed by atoms with Crippen LogP contribution in [0.4, 0.5) is 0 Å². The fourth-order valence-electron chi connectivity index (χ4n) is 1.52. The average molecular weight is 363 g/mol. The van der Waals surface area contributed by atoms with Crippen LogP contribution in [0.5, 0.6) is 0 Å². The molecule has 0 aromatic heterocycles. The molecule has 0 fully saturated rings. The van der Waals surface area contributed by atoms with Crippen LogP contribution in [0.1, 0.15) is 36.0 Å². The first-order valence-electron chi connectivity index (χ1n) is 5.84. The maximum absolute atomic E-state index is 11.8. The van der Waals surface area contributed by atoms with E-state index >= 15 is 0 Å². The lowest BCUT2D eigenvalue weighted by Gasteiger charge is -2.06. The van der Waals surface area contributed by atoms with E-state index in [9.17, 15) is 4.79 Å². The molecule has 0 saturated carbocycles. The minimum atomic E-state index is -0.00188. The molecule has 1 aromatic carbocycles. The van der Waals surface area contributed by atoms with Gasteiger partial charge in [-0.2, -0.15) is 0 Å². The largest absolute Gasteiger partial charge is 0.352 e. The van der Waals surface area contributed by atoms with Crippen molar-refractivity contribution >= 4 is 37.8 Å². The number of hydrogen-bond acceptors (Lipinski definition) is 1. The fraction of sp³-hybridized carbons (Fsp3) is 0.462. The summed E-state index contributed by atoms with van der Waals surface area (Å²) in [7, 11) is 0. The molecule has 1 N–H and O–H groups in total. The number of benzene rings is 1. The second kappa shape index (κ2) is 8.70. The van der Waals surface area contributed by atoms with E-state index in [4.69, 9.17) is 0 Å². The van der Waals surface area contributed by atoms with Crippen molar-refractivity contribution in [1.82, 2.24) is 5.32 Å². The lowest BCUT2D eigenvalue weighted by Crippen LogP contribution is -2.24. The minimum absolute atomic E-state index is 0.00188. The van der Waals surface area contributed by atoms with Crippen molar-refractivity contribution in [3.8, 4) is 0 Å². The molecule has 1 amide bonds. The SMILES string of the molecule is O=C(NCCCCCCBr)c1ccccc1Br. The van der Waals surface area contributed by atoms with Crippen LogP contribution < -0.4 is 5.32 Å². The standard InChI is InChI=1S/C13H17Br2NO/c14-9-5-1-2-6-10-16-13(17)11-7-3-4-8-12(11)15/h3-4,7-8H,1-2,5-6,9-10H2,(H,16,17). The van der Waals surface area contributed by atoms with Crippen LogP contribution in [0, 0.1) is 0 Å². The van der Waals surface area contributed by atoms with Crippen molar-refractivity contribution in [3.63, 3.8) is 0 Å². The quantitative estimate of drug-likeness (QED) is 0.573. The minimum Gasteiger partial charge on any atom is -0.352 e. The summed E-state index contributed by atoms with van der Waals surface area (Å²) < 4.78 is 0.844. The van der Waals surface area contributed by atoms with Crippen molar-refractivity contribution in [1.29, 1.82) is 0 Å². The van der Waals surface area contributed by atoms with Crippen molar-refractivity contribution < 1.29 is 4.79 Å². The smallest absolute Gasteiger partial charge is 0.252 e. The number of alkyl halides is 1. The highest BCUT2D eigenvalue weighted by molar-refractivity contribution is 9.10. The molecule has 0 aliphatic carbocycles. The Morgan fingerprint density at radius 1 is 1.12 bits per heavy atom. The Hall–Kier alpha value is -0.350. The molecule has 0 aliphatic heterocycles. The summed E-state index contributed by atoms with van der Waals surface area (Å²) in [6.45, 7) is 0.752. The summed E-state index contributed by atoms with van der Waals surface area (Å²) in [5, 5.41) is 4.00. The van der Waals surface area contributed by atoms with E-state index in [1.54, 1.807) is 0 Å². The van der Waals surface area contributed by atoms with Gasteiger partial charge in [0.1, 0.15) is 0 Å². The van der Waals surface area contributed by atoms with Gasteiger partial charge < -0.3 is 5.32 Å². The second-order valence-electron chi connectivity index (χ2n) is 3.84. The number of carbonyl (C=O) groups is 1. The molecule has 1 aromatic rings. The Morgan fingerprint density at radius 3 is 2.53 bits per heavy atom. The second-order valence-corrected chi connectivity index (χ2v) is 5.49. The van der Waals surface area contributed by atoms with E-state index in [1.807, 2.05) is 24.3 Å². The molecular formula is C13H17Br2NO. The fourth-order valence-corrected chi connectivity index (χ4v) is 2.38. The average Bonchev–Trinajstić information content (AvgIpc) is 2.34. The predicted molar refractivity (Wildman–Crippen MR) is 78.7 cm³/mol. The summed E-state index contributed by atoms with van der Waals surface area (Å²) in [5.41, 5.74) is 0.702. The van der Waals surface area contributed by atoms with E-state index in [0.717, 1.165) is 22.8 Å². The van der Waals surface area contributed by atoms with Crippen molar-refractivity contribution in [3.05, 3.63) is 34.3 Å². The van der Waals surface area contributed by atoms with Gasteiger partial charge in [-0.25, -0.2) is 0 Å². The maximum Gasteiger partial charge on any atom is 0.252 e. The van der Waals surface area contributed by atoms with Crippen molar-refractivity contribution in [2.45, 2.75) is 25.7 Å². The van der Waals surface area contributed by atoms with E-state index in [1.165, 1.54) is 19.3 Å². The molecule has 0 radical (unpaired) electrons. The van der Waals surface area contributed by atoms with Crippen molar-refractivity contribution in [2.24, 2.45) is 0 Å². The number of halogens is 2. The van der Waals surface area contributed by atoms with Gasteiger partial charge in [0.05, 0.1) is 5.56 Å². The molecule has 0 spiro atoms. The molecule has 0 saturated heterocycles. The normalized spacial score (nSPS) is 10.2. The molecule has 94 valence electrons. The zero-order valence-corrected chi connectivity index (χ0v) is 12.9. The van der Waals surface area contributed by atoms with Gasteiger partial charge >= 0.3 is 0 Å². The first-order valence-corrected chi connectivity index (χ1v) is 7.76. The highest BCUT2D eigenvalue weighted by Crippen LogP contribution is 2.15. The first-order chi connectivity index (χ1) is 8.25. The zero-order chi connectivity index (χ0) is 12.5. The maximum atomic E-state index is 11.8. The van der Waals surface area contributed by atoms with Crippen LogP contribution in [-0.4, -0.2) is 17.8 Å². The Bertz CT molecular complexity index is 355. The van der Waals surface area contributed by atoms with Crippen LogP contribution >= 0.6 is 31.9 Å². The summed E-state index contributed by atoms with van der Waals surface area (Å²) in [6, 6.07) is 7.48. The number of unbranched alkanes of at least 4 members (excludes halogenated alkanes) is 3. The molecule has 0 aliphatic rings. The summed E-state index contributed by atoms with van der Waals surface area (Å²) in [5.74, 6) is -0.00188. The third-order valence-electron chi connectivity index (χ3n) is 2.46. The molecule has 0 atom stereocenters. The number of rotatable bonds is 7. The zero-order valence-electron chi connectivity index (χ0n) is 9.72. The lowest BCUT2D eigenvalue weighted by atomic mass is 10.2. The molecule has 1 rings (SSSR count). The molecule has 0 heterocycles. The van der Waals surface area contributed by atoms with Crippen molar-refractivity contribution in [2.75, 3.05) is 11.9 Å². The van der Waals surface area contributed by atoms with E-state index in [0.29, 0.717) is 5.56 Å². The van der Waals surface area contributed by atoms with Gasteiger partial charge in [0, 0.05) is 16.3 Å². The van der Waals surface area contributed by atoms with Gasteiger partial charge in [-0.1, -0.05) is 40.9 Å². The van der Waals surface area contributed by atoms with Crippen LogP contribution in [0.2, 0.25) is 0 Å². The highest BCUT2D eigenvalue weighted by atomic mass is 79.9. The lowest BCUT2D eigenvalue weighted by molar-refractivity contribution is 0.0952. The van der Waals surface area contributed by atoms with Gasteiger partial charge in [-0.15, -0.1) is 0 Å². The Labute approximate surface area is 119 Å². The Balaban J connectivity index is 2.24. The molecular weight excluding hydrogens is 346 g/mol. The summed E-state index contributed by atoms with van der Waals surface area (Å²) in [4.78, 5) is 11.8. The third-order valence-corrected chi connectivity index (χ3v) is 3.72. The van der Waals surface area contributed by atoms with Crippen LogP contribution in [0.3, 0.4) is 0 Å². The van der Waals surface area contributed by atoms with Crippen LogP contribution in [0.15, 0.2) is 28.7 Å². The third kappa shape index (κ3) is 5.68. The van der Waals surface area contributed by atoms with Gasteiger partial charge in [-0.05, 0) is 40.9 Å². The Morgan fingerprint density at radius 2 is 1.82 bits per heavy atom. The first kappa shape index (κ1) is 14.7. The van der Waals surface area contributed by atoms with Gasteiger partial charge in [0.2, 0.25) is 0 Å². The molecule has 0 unspecified atom stereocenters. The number of nitrogens with one attached hydrogen (secondary N) is 1. The topological polar surface area (TPSA) is 29.1 Å². The number of carbonyl (C=O) groups excluding carboxylic acids is 1. The van der Waals surface area contributed by atoms with Gasteiger partial charge in [0.15, 0.2) is 0 Å². The van der Waals surface area contributed by atoms with E-state index in [-0.39, 0.29) is 5.91 Å². The molecule has 17 heavy (non-hydrogen) atoms. The number of amides is 1. The predicted octanol–water partition coefficient (Wildman–Crippen LogP) is 4.13. The molecule has 0 bridgehead atoms. The molecule has 2 nitrogen and oxygen atoms in total. The summed E-state index contributed by atoms with van der Waals surface area (Å²) in [6.07, 6.45) is 4.64. The highest BCUT2D eigenvalue weighted by Gasteiger charge is 2.07.